The van der Waals surface area contributed by atoms with E-state index in [1.54, 1.807) is 23.3 Å². The summed E-state index contributed by atoms with van der Waals surface area (Å²) in [6.45, 7) is 5.45. The summed E-state index contributed by atoms with van der Waals surface area (Å²) in [5.41, 5.74) is 5.18. The van der Waals surface area contributed by atoms with E-state index in [9.17, 15) is 0 Å². The first kappa shape index (κ1) is 17.2. The molecule has 0 bridgehead atoms. The lowest BCUT2D eigenvalue weighted by Gasteiger charge is -2.09. The van der Waals surface area contributed by atoms with Gasteiger partial charge in [0.2, 0.25) is 11.8 Å². The Morgan fingerprint density at radius 1 is 1.20 bits per heavy atom. The molecular formula is C16H20ClN7O. The molecule has 0 saturated heterocycles. The molecule has 2 N–H and O–H groups in total. The lowest BCUT2D eigenvalue weighted by Crippen LogP contribution is -2.15. The van der Waals surface area contributed by atoms with E-state index in [4.69, 9.17) is 16.3 Å². The number of aromatic nitrogens is 5. The van der Waals surface area contributed by atoms with Crippen molar-refractivity contribution >= 4 is 34.4 Å². The molecule has 8 nitrogen and oxygen atoms in total. The van der Waals surface area contributed by atoms with Crippen LogP contribution in [0.15, 0.2) is 24.7 Å². The summed E-state index contributed by atoms with van der Waals surface area (Å²) in [6, 6.07) is 3.62. The number of nitrogens with one attached hydrogen (secondary N) is 2. The molecule has 3 aromatic rings. The van der Waals surface area contributed by atoms with Crippen LogP contribution < -0.4 is 15.5 Å². The molecular weight excluding hydrogens is 342 g/mol. The van der Waals surface area contributed by atoms with Crippen molar-refractivity contribution in [3.05, 3.63) is 29.8 Å². The Morgan fingerprint density at radius 2 is 2.08 bits per heavy atom. The molecule has 9 heteroatoms. The Balaban J connectivity index is 1.82. The van der Waals surface area contributed by atoms with Crippen LogP contribution >= 0.6 is 11.6 Å². The molecule has 0 unspecified atom stereocenters. The number of hydrogen-bond acceptors (Lipinski definition) is 7. The van der Waals surface area contributed by atoms with Crippen LogP contribution in [0.2, 0.25) is 5.15 Å². The number of nitrogens with zero attached hydrogens (tertiary/aromatic N) is 5. The zero-order chi connectivity index (χ0) is 17.6. The fourth-order valence-electron chi connectivity index (χ4n) is 2.23. The first-order valence-corrected chi connectivity index (χ1v) is 8.59. The van der Waals surface area contributed by atoms with Gasteiger partial charge in [0.1, 0.15) is 11.8 Å². The molecule has 3 rings (SSSR count). The van der Waals surface area contributed by atoms with Crippen LogP contribution in [0, 0.1) is 0 Å². The van der Waals surface area contributed by atoms with Gasteiger partial charge in [-0.1, -0.05) is 24.9 Å². The fraction of sp³-hybridized carbons (Fsp3) is 0.375. The maximum atomic E-state index is 6.24. The predicted molar refractivity (Wildman–Crippen MR) is 98.2 cm³/mol. The normalized spacial score (nSPS) is 10.8. The van der Waals surface area contributed by atoms with E-state index >= 15 is 0 Å². The van der Waals surface area contributed by atoms with Gasteiger partial charge in [-0.05, 0) is 19.4 Å². The monoisotopic (exact) mass is 361 g/mol. The number of imidazole rings is 1. The molecule has 132 valence electrons. The quantitative estimate of drug-likeness (QED) is 0.469. The van der Waals surface area contributed by atoms with Crippen molar-refractivity contribution in [3.8, 4) is 5.88 Å². The highest BCUT2D eigenvalue weighted by Gasteiger charge is 2.12. The summed E-state index contributed by atoms with van der Waals surface area (Å²) in [7, 11) is 0. The van der Waals surface area contributed by atoms with E-state index in [0.29, 0.717) is 34.8 Å². The molecule has 3 heterocycles. The Morgan fingerprint density at radius 3 is 2.80 bits per heavy atom. The average molecular weight is 362 g/mol. The Hall–Kier alpha value is -2.61. The van der Waals surface area contributed by atoms with Crippen molar-refractivity contribution in [2.45, 2.75) is 26.7 Å². The van der Waals surface area contributed by atoms with E-state index in [1.807, 2.05) is 13.0 Å². The van der Waals surface area contributed by atoms with Crippen molar-refractivity contribution in [2.75, 3.05) is 23.9 Å². The number of rotatable bonds is 8. The first-order valence-electron chi connectivity index (χ1n) is 8.21. The first-order chi connectivity index (χ1) is 12.2. The van der Waals surface area contributed by atoms with Crippen LogP contribution in [0.25, 0.3) is 11.2 Å². The van der Waals surface area contributed by atoms with Crippen LogP contribution in [-0.2, 0) is 0 Å². The van der Waals surface area contributed by atoms with E-state index in [-0.39, 0.29) is 0 Å². The SMILES string of the molecule is CCCCNn1cnc2c(Cl)nc(Nc3ccc(OCC)nc3)nc21. The lowest BCUT2D eigenvalue weighted by atomic mass is 10.3. The highest BCUT2D eigenvalue weighted by Crippen LogP contribution is 2.22. The molecule has 0 radical (unpaired) electrons. The number of hydrogen-bond donors (Lipinski definition) is 2. The van der Waals surface area contributed by atoms with Crippen molar-refractivity contribution < 1.29 is 4.74 Å². The number of unbranched alkanes of at least 4 members (excludes halogenated alkanes) is 1. The molecule has 0 aliphatic heterocycles. The number of ether oxygens (including phenoxy) is 1. The Kier molecular flexibility index (Phi) is 5.49. The maximum absolute atomic E-state index is 6.24. The largest absolute Gasteiger partial charge is 0.478 e. The fourth-order valence-corrected chi connectivity index (χ4v) is 2.44. The number of anilines is 2. The molecule has 0 fully saturated rings. The van der Waals surface area contributed by atoms with Crippen LogP contribution in [0.3, 0.4) is 0 Å². The number of fused-ring (bicyclic) bond motifs is 1. The van der Waals surface area contributed by atoms with Crippen molar-refractivity contribution in [2.24, 2.45) is 0 Å². The van der Waals surface area contributed by atoms with Gasteiger partial charge in [0.15, 0.2) is 10.8 Å². The number of halogens is 1. The third kappa shape index (κ3) is 4.08. The molecule has 0 spiro atoms. The van der Waals surface area contributed by atoms with E-state index in [2.05, 4.69) is 37.6 Å². The highest BCUT2D eigenvalue weighted by molar-refractivity contribution is 6.33. The molecule has 0 saturated carbocycles. The third-order valence-corrected chi connectivity index (χ3v) is 3.71. The standard InChI is InChI=1S/C16H20ClN7O/c1-3-5-8-20-24-10-19-13-14(17)22-16(23-15(13)24)21-11-6-7-12(18-9-11)25-4-2/h6-7,9-10,20H,3-5,8H2,1-2H3,(H,21,22,23). The van der Waals surface area contributed by atoms with Crippen molar-refractivity contribution in [1.29, 1.82) is 0 Å². The van der Waals surface area contributed by atoms with Crippen molar-refractivity contribution in [1.82, 2.24) is 24.6 Å². The second kappa shape index (κ2) is 7.98. The zero-order valence-corrected chi connectivity index (χ0v) is 14.9. The van der Waals surface area contributed by atoms with Crippen LogP contribution in [0.5, 0.6) is 5.88 Å². The minimum Gasteiger partial charge on any atom is -0.478 e. The van der Waals surface area contributed by atoms with E-state index < -0.39 is 0 Å². The van der Waals surface area contributed by atoms with Gasteiger partial charge in [-0.3, -0.25) is 0 Å². The highest BCUT2D eigenvalue weighted by atomic mass is 35.5. The summed E-state index contributed by atoms with van der Waals surface area (Å²) >= 11 is 6.24. The molecule has 0 aliphatic rings. The minimum atomic E-state index is 0.294. The lowest BCUT2D eigenvalue weighted by molar-refractivity contribution is 0.327. The summed E-state index contributed by atoms with van der Waals surface area (Å²) in [4.78, 5) is 17.2. The summed E-state index contributed by atoms with van der Waals surface area (Å²) in [5, 5.41) is 3.39. The van der Waals surface area contributed by atoms with E-state index in [1.165, 1.54) is 0 Å². The van der Waals surface area contributed by atoms with Gasteiger partial charge in [0.05, 0.1) is 18.5 Å². The third-order valence-electron chi connectivity index (χ3n) is 3.45. The smallest absolute Gasteiger partial charge is 0.230 e. The molecule has 0 aromatic carbocycles. The zero-order valence-electron chi connectivity index (χ0n) is 14.2. The summed E-state index contributed by atoms with van der Waals surface area (Å²) in [6.07, 6.45) is 5.47. The van der Waals surface area contributed by atoms with Gasteiger partial charge < -0.3 is 15.5 Å². The summed E-state index contributed by atoms with van der Waals surface area (Å²) < 4.78 is 7.09. The van der Waals surface area contributed by atoms with E-state index in [0.717, 1.165) is 25.1 Å². The topological polar surface area (TPSA) is 89.8 Å². The Bertz CT molecular complexity index is 834. The molecule has 3 aromatic heterocycles. The van der Waals surface area contributed by atoms with Crippen LogP contribution in [-0.4, -0.2) is 37.8 Å². The Labute approximate surface area is 150 Å². The summed E-state index contributed by atoms with van der Waals surface area (Å²) in [5.74, 6) is 0.947. The van der Waals surface area contributed by atoms with Gasteiger partial charge in [-0.15, -0.1) is 0 Å². The maximum Gasteiger partial charge on any atom is 0.230 e. The molecule has 0 aliphatic carbocycles. The minimum absolute atomic E-state index is 0.294. The number of pyridine rings is 1. The van der Waals surface area contributed by atoms with Gasteiger partial charge in [0.25, 0.3) is 0 Å². The molecule has 25 heavy (non-hydrogen) atoms. The van der Waals surface area contributed by atoms with Gasteiger partial charge in [0, 0.05) is 12.6 Å². The van der Waals surface area contributed by atoms with Crippen molar-refractivity contribution in [3.63, 3.8) is 0 Å². The van der Waals surface area contributed by atoms with Gasteiger partial charge in [-0.25, -0.2) is 14.6 Å². The second-order valence-electron chi connectivity index (χ2n) is 5.33. The van der Waals surface area contributed by atoms with Crippen LogP contribution in [0.4, 0.5) is 11.6 Å². The van der Waals surface area contributed by atoms with Gasteiger partial charge in [-0.2, -0.15) is 9.97 Å². The van der Waals surface area contributed by atoms with Crippen LogP contribution in [0.1, 0.15) is 26.7 Å². The predicted octanol–water partition coefficient (Wildman–Crippen LogP) is 3.36. The van der Waals surface area contributed by atoms with Gasteiger partial charge >= 0.3 is 0 Å². The molecule has 0 atom stereocenters. The average Bonchev–Trinajstić information content (AvgIpc) is 3.01. The molecule has 0 amide bonds. The second-order valence-corrected chi connectivity index (χ2v) is 5.69.